The van der Waals surface area contributed by atoms with E-state index in [9.17, 15) is 5.11 Å². The Hall–Kier alpha value is -0.120. The van der Waals surface area contributed by atoms with E-state index in [1.54, 1.807) is 0 Å². The van der Waals surface area contributed by atoms with Gasteiger partial charge in [-0.1, -0.05) is 6.42 Å². The minimum atomic E-state index is -0.0978. The van der Waals surface area contributed by atoms with E-state index in [0.717, 1.165) is 19.6 Å². The molecule has 76 valence electrons. The van der Waals surface area contributed by atoms with Crippen LogP contribution in [0.15, 0.2) is 0 Å². The molecule has 0 saturated carbocycles. The van der Waals surface area contributed by atoms with E-state index in [1.807, 2.05) is 0 Å². The highest BCUT2D eigenvalue weighted by Crippen LogP contribution is 2.14. The first-order valence-electron chi connectivity index (χ1n) is 5.47. The zero-order valence-corrected chi connectivity index (χ0v) is 8.21. The third-order valence-corrected chi connectivity index (χ3v) is 3.25. The van der Waals surface area contributed by atoms with Crippen LogP contribution in [0.25, 0.3) is 0 Å². The molecule has 13 heavy (non-hydrogen) atoms. The van der Waals surface area contributed by atoms with Crippen molar-refractivity contribution in [3.05, 3.63) is 0 Å². The molecule has 0 aromatic carbocycles. The van der Waals surface area contributed by atoms with Crippen molar-refractivity contribution in [2.75, 3.05) is 32.7 Å². The van der Waals surface area contributed by atoms with Gasteiger partial charge in [-0.3, -0.25) is 0 Å². The van der Waals surface area contributed by atoms with Gasteiger partial charge in [-0.05, 0) is 25.9 Å². The molecule has 0 aliphatic carbocycles. The van der Waals surface area contributed by atoms with Gasteiger partial charge >= 0.3 is 0 Å². The molecule has 0 spiro atoms. The van der Waals surface area contributed by atoms with Gasteiger partial charge in [0.2, 0.25) is 0 Å². The van der Waals surface area contributed by atoms with Crippen LogP contribution in [0.4, 0.5) is 0 Å². The topological polar surface area (TPSA) is 35.5 Å². The number of hydrogen-bond acceptors (Lipinski definition) is 3. The van der Waals surface area contributed by atoms with Crippen molar-refractivity contribution >= 4 is 0 Å². The van der Waals surface area contributed by atoms with Gasteiger partial charge in [-0.25, -0.2) is 0 Å². The lowest BCUT2D eigenvalue weighted by molar-refractivity contribution is 0.0362. The van der Waals surface area contributed by atoms with E-state index in [-0.39, 0.29) is 6.10 Å². The maximum absolute atomic E-state index is 9.84. The van der Waals surface area contributed by atoms with Gasteiger partial charge in [0.05, 0.1) is 6.10 Å². The van der Waals surface area contributed by atoms with Crippen molar-refractivity contribution in [3.8, 4) is 0 Å². The summed E-state index contributed by atoms with van der Waals surface area (Å²) in [5.41, 5.74) is 0. The molecule has 0 amide bonds. The Bertz CT molecular complexity index is 153. The van der Waals surface area contributed by atoms with Gasteiger partial charge in [-0.2, -0.15) is 0 Å². The van der Waals surface area contributed by atoms with Crippen molar-refractivity contribution in [1.29, 1.82) is 0 Å². The van der Waals surface area contributed by atoms with Crippen LogP contribution < -0.4 is 5.32 Å². The predicted octanol–water partition coefficient (Wildman–Crippen LogP) is 0.0526. The van der Waals surface area contributed by atoms with Gasteiger partial charge in [0.1, 0.15) is 0 Å². The average molecular weight is 184 g/mol. The average Bonchev–Trinajstić information content (AvgIpc) is 2.02. The zero-order valence-electron chi connectivity index (χ0n) is 8.21. The van der Waals surface area contributed by atoms with Crippen LogP contribution in [0, 0.1) is 5.92 Å². The minimum Gasteiger partial charge on any atom is -0.391 e. The van der Waals surface area contributed by atoms with E-state index in [4.69, 9.17) is 0 Å². The van der Waals surface area contributed by atoms with Crippen LogP contribution >= 0.6 is 0 Å². The summed E-state index contributed by atoms with van der Waals surface area (Å²) in [5, 5.41) is 13.0. The van der Waals surface area contributed by atoms with E-state index in [2.05, 4.69) is 10.2 Å². The summed E-state index contributed by atoms with van der Waals surface area (Å²) in [6, 6.07) is 0. The third kappa shape index (κ3) is 2.42. The van der Waals surface area contributed by atoms with Crippen molar-refractivity contribution in [3.63, 3.8) is 0 Å². The Morgan fingerprint density at radius 1 is 1.23 bits per heavy atom. The number of aliphatic hydroxyl groups excluding tert-OH is 1. The zero-order chi connectivity index (χ0) is 9.10. The summed E-state index contributed by atoms with van der Waals surface area (Å²) in [6.07, 6.45) is 3.91. The van der Waals surface area contributed by atoms with Gasteiger partial charge in [0.15, 0.2) is 0 Å². The molecule has 1 unspecified atom stereocenters. The number of nitrogens with zero attached hydrogens (tertiary/aromatic N) is 1. The van der Waals surface area contributed by atoms with Crippen LogP contribution in [0.5, 0.6) is 0 Å². The van der Waals surface area contributed by atoms with Crippen molar-refractivity contribution in [2.45, 2.75) is 25.4 Å². The molecule has 2 rings (SSSR count). The van der Waals surface area contributed by atoms with E-state index < -0.39 is 0 Å². The first-order valence-corrected chi connectivity index (χ1v) is 5.47. The quantitative estimate of drug-likeness (QED) is 0.651. The fraction of sp³-hybridized carbons (Fsp3) is 1.00. The summed E-state index contributed by atoms with van der Waals surface area (Å²) >= 11 is 0. The second-order valence-corrected chi connectivity index (χ2v) is 4.35. The normalized spacial score (nSPS) is 28.4. The van der Waals surface area contributed by atoms with Gasteiger partial charge in [0.25, 0.3) is 0 Å². The van der Waals surface area contributed by atoms with Crippen LogP contribution in [-0.2, 0) is 0 Å². The van der Waals surface area contributed by atoms with E-state index >= 15 is 0 Å². The molecule has 0 aromatic rings. The first-order chi connectivity index (χ1) is 6.36. The molecule has 1 atom stereocenters. The molecule has 2 N–H and O–H groups in total. The maximum Gasteiger partial charge on any atom is 0.0719 e. The maximum atomic E-state index is 9.84. The summed E-state index contributed by atoms with van der Waals surface area (Å²) in [4.78, 5) is 2.41. The monoisotopic (exact) mass is 184 g/mol. The third-order valence-electron chi connectivity index (χ3n) is 3.25. The fourth-order valence-electron chi connectivity index (χ4n) is 2.14. The summed E-state index contributed by atoms with van der Waals surface area (Å²) < 4.78 is 0. The van der Waals surface area contributed by atoms with Crippen molar-refractivity contribution < 1.29 is 5.11 Å². The SMILES string of the molecule is OC(CN1CCCCC1)C1CNC1. The number of nitrogens with one attached hydrogen (secondary N) is 1. The molecular formula is C10H20N2O. The lowest BCUT2D eigenvalue weighted by Gasteiger charge is -2.35. The Morgan fingerprint density at radius 2 is 1.92 bits per heavy atom. The number of piperidine rings is 1. The second-order valence-electron chi connectivity index (χ2n) is 4.35. The van der Waals surface area contributed by atoms with Crippen LogP contribution in [0.1, 0.15) is 19.3 Å². The Morgan fingerprint density at radius 3 is 2.46 bits per heavy atom. The summed E-state index contributed by atoms with van der Waals surface area (Å²) in [6.45, 7) is 5.30. The number of rotatable bonds is 3. The fourth-order valence-corrected chi connectivity index (χ4v) is 2.14. The molecule has 2 aliphatic heterocycles. The molecule has 2 fully saturated rings. The number of aliphatic hydroxyl groups is 1. The standard InChI is InChI=1S/C10H20N2O/c13-10(9-6-11-7-9)8-12-4-2-1-3-5-12/h9-11,13H,1-8H2. The van der Waals surface area contributed by atoms with Gasteiger partial charge < -0.3 is 15.3 Å². The lowest BCUT2D eigenvalue weighted by Crippen LogP contribution is -2.52. The highest BCUT2D eigenvalue weighted by molar-refractivity contribution is 4.83. The summed E-state index contributed by atoms with van der Waals surface area (Å²) in [5.74, 6) is 0.516. The smallest absolute Gasteiger partial charge is 0.0719 e. The van der Waals surface area contributed by atoms with Crippen LogP contribution in [0.2, 0.25) is 0 Å². The van der Waals surface area contributed by atoms with Crippen LogP contribution in [0.3, 0.4) is 0 Å². The molecular weight excluding hydrogens is 164 g/mol. The Balaban J connectivity index is 1.69. The number of β-amino-alcohol motifs (C(OH)–C–C–N with tert-alkyl or cyclic N) is 1. The van der Waals surface area contributed by atoms with Gasteiger partial charge in [0, 0.05) is 25.6 Å². The second kappa shape index (κ2) is 4.40. The first kappa shape index (κ1) is 9.44. The molecule has 2 aliphatic rings. The number of hydrogen-bond donors (Lipinski definition) is 2. The molecule has 2 heterocycles. The minimum absolute atomic E-state index is 0.0978. The molecule has 3 nitrogen and oxygen atoms in total. The Labute approximate surface area is 80.1 Å². The Kier molecular flexibility index (Phi) is 3.19. The van der Waals surface area contributed by atoms with Crippen LogP contribution in [-0.4, -0.2) is 48.8 Å². The highest BCUT2D eigenvalue weighted by Gasteiger charge is 2.26. The molecule has 2 saturated heterocycles. The van der Waals surface area contributed by atoms with Crippen molar-refractivity contribution in [1.82, 2.24) is 10.2 Å². The molecule has 0 aromatic heterocycles. The van der Waals surface area contributed by atoms with E-state index in [1.165, 1.54) is 32.4 Å². The predicted molar refractivity (Wildman–Crippen MR) is 52.7 cm³/mol. The lowest BCUT2D eigenvalue weighted by atomic mass is 9.95. The molecule has 0 bridgehead atoms. The highest BCUT2D eigenvalue weighted by atomic mass is 16.3. The molecule has 3 heteroatoms. The largest absolute Gasteiger partial charge is 0.391 e. The summed E-state index contributed by atoms with van der Waals surface area (Å²) in [7, 11) is 0. The van der Waals surface area contributed by atoms with Gasteiger partial charge in [-0.15, -0.1) is 0 Å². The van der Waals surface area contributed by atoms with E-state index in [0.29, 0.717) is 5.92 Å². The molecule has 0 radical (unpaired) electrons. The number of likely N-dealkylation sites (tertiary alicyclic amines) is 1. The van der Waals surface area contributed by atoms with Crippen molar-refractivity contribution in [2.24, 2.45) is 5.92 Å².